The Hall–Kier alpha value is -1.96. The van der Waals surface area contributed by atoms with Gasteiger partial charge in [0.25, 0.3) is 0 Å². The van der Waals surface area contributed by atoms with Crippen LogP contribution in [0, 0.1) is 0 Å². The average Bonchev–Trinajstić information content (AvgIpc) is 3.16. The highest BCUT2D eigenvalue weighted by atomic mass is 32.1. The first-order chi connectivity index (χ1) is 10.7. The predicted octanol–water partition coefficient (Wildman–Crippen LogP) is 0.725. The molecular formula is C14H20N6OS. The van der Waals surface area contributed by atoms with Crippen molar-refractivity contribution in [3.8, 4) is 0 Å². The molecule has 7 nitrogen and oxygen atoms in total. The second kappa shape index (κ2) is 6.43. The van der Waals surface area contributed by atoms with E-state index >= 15 is 0 Å². The van der Waals surface area contributed by atoms with Gasteiger partial charge in [0.15, 0.2) is 0 Å². The first kappa shape index (κ1) is 15.0. The summed E-state index contributed by atoms with van der Waals surface area (Å²) in [5.41, 5.74) is 0.964. The van der Waals surface area contributed by atoms with Gasteiger partial charge in [-0.3, -0.25) is 9.48 Å². The van der Waals surface area contributed by atoms with E-state index in [9.17, 15) is 4.79 Å². The Balaban J connectivity index is 1.53. The number of anilines is 1. The van der Waals surface area contributed by atoms with Crippen LogP contribution in [0.15, 0.2) is 12.4 Å². The van der Waals surface area contributed by atoms with Gasteiger partial charge in [-0.15, -0.1) is 0 Å². The Morgan fingerprint density at radius 2 is 2.09 bits per heavy atom. The second-order valence-corrected chi connectivity index (χ2v) is 6.14. The van der Waals surface area contributed by atoms with E-state index in [-0.39, 0.29) is 5.91 Å². The van der Waals surface area contributed by atoms with Crippen LogP contribution in [0.2, 0.25) is 0 Å². The van der Waals surface area contributed by atoms with E-state index in [1.54, 1.807) is 10.9 Å². The minimum Gasteiger partial charge on any atom is -0.343 e. The smallest absolute Gasteiger partial charge is 0.227 e. The zero-order chi connectivity index (χ0) is 15.5. The number of hydrogen-bond donors (Lipinski definition) is 0. The van der Waals surface area contributed by atoms with Gasteiger partial charge in [-0.2, -0.15) is 9.47 Å². The molecular weight excluding hydrogens is 300 g/mol. The van der Waals surface area contributed by atoms with Crippen molar-refractivity contribution in [2.24, 2.45) is 7.05 Å². The van der Waals surface area contributed by atoms with Crippen molar-refractivity contribution >= 4 is 22.6 Å². The molecule has 2 aromatic rings. The van der Waals surface area contributed by atoms with Gasteiger partial charge in [-0.05, 0) is 5.56 Å². The zero-order valence-electron chi connectivity index (χ0n) is 12.9. The van der Waals surface area contributed by atoms with E-state index in [0.29, 0.717) is 6.42 Å². The summed E-state index contributed by atoms with van der Waals surface area (Å²) in [6.45, 7) is 5.16. The van der Waals surface area contributed by atoms with Crippen molar-refractivity contribution in [3.05, 3.63) is 23.8 Å². The lowest BCUT2D eigenvalue weighted by Gasteiger charge is -2.34. The van der Waals surface area contributed by atoms with Gasteiger partial charge in [0.05, 0.1) is 12.6 Å². The van der Waals surface area contributed by atoms with Crippen molar-refractivity contribution in [2.45, 2.75) is 19.8 Å². The summed E-state index contributed by atoms with van der Waals surface area (Å²) in [7, 11) is 1.86. The Labute approximate surface area is 133 Å². The second-order valence-electron chi connectivity index (χ2n) is 5.41. The number of rotatable bonds is 4. The van der Waals surface area contributed by atoms with Crippen LogP contribution in [0.5, 0.6) is 0 Å². The van der Waals surface area contributed by atoms with Gasteiger partial charge in [-0.25, -0.2) is 4.98 Å². The molecule has 1 aliphatic heterocycles. The third-order valence-corrected chi connectivity index (χ3v) is 4.61. The summed E-state index contributed by atoms with van der Waals surface area (Å²) >= 11 is 1.45. The fourth-order valence-electron chi connectivity index (χ4n) is 2.51. The lowest BCUT2D eigenvalue weighted by molar-refractivity contribution is -0.130. The standard InChI is InChI=1S/C14H20N6OS/c1-3-12-16-14(22-17-12)20-6-4-19(5-7-20)13(21)8-11-9-15-18(2)10-11/h9-10H,3-8H2,1-2H3. The molecule has 1 saturated heterocycles. The van der Waals surface area contributed by atoms with E-state index < -0.39 is 0 Å². The summed E-state index contributed by atoms with van der Waals surface area (Å²) in [6, 6.07) is 0. The predicted molar refractivity (Wildman–Crippen MR) is 85.0 cm³/mol. The van der Waals surface area contributed by atoms with Crippen molar-refractivity contribution < 1.29 is 4.79 Å². The molecule has 2 aromatic heterocycles. The minimum absolute atomic E-state index is 0.166. The Kier molecular flexibility index (Phi) is 4.37. The van der Waals surface area contributed by atoms with Crippen molar-refractivity contribution in [1.82, 2.24) is 24.0 Å². The van der Waals surface area contributed by atoms with Crippen LogP contribution < -0.4 is 4.90 Å². The maximum absolute atomic E-state index is 12.3. The fraction of sp³-hybridized carbons (Fsp3) is 0.571. The molecule has 0 bridgehead atoms. The molecule has 1 aliphatic rings. The van der Waals surface area contributed by atoms with Crippen molar-refractivity contribution in [1.29, 1.82) is 0 Å². The summed E-state index contributed by atoms with van der Waals surface area (Å²) in [5, 5.41) is 5.07. The van der Waals surface area contributed by atoms with Gasteiger partial charge in [-0.1, -0.05) is 6.92 Å². The van der Waals surface area contributed by atoms with Crippen LogP contribution in [0.4, 0.5) is 5.13 Å². The number of piperazine rings is 1. The molecule has 1 amide bonds. The summed E-state index contributed by atoms with van der Waals surface area (Å²) in [5.74, 6) is 1.06. The summed E-state index contributed by atoms with van der Waals surface area (Å²) in [4.78, 5) is 21.0. The van der Waals surface area contributed by atoms with Crippen LogP contribution in [0.25, 0.3) is 0 Å². The molecule has 0 aromatic carbocycles. The van der Waals surface area contributed by atoms with Crippen LogP contribution in [-0.2, 0) is 24.7 Å². The minimum atomic E-state index is 0.166. The van der Waals surface area contributed by atoms with Crippen molar-refractivity contribution in [3.63, 3.8) is 0 Å². The molecule has 0 unspecified atom stereocenters. The first-order valence-electron chi connectivity index (χ1n) is 7.48. The van der Waals surface area contributed by atoms with E-state index in [2.05, 4.69) is 26.3 Å². The molecule has 0 radical (unpaired) electrons. The van der Waals surface area contributed by atoms with Crippen molar-refractivity contribution in [2.75, 3.05) is 31.1 Å². The Morgan fingerprint density at radius 1 is 1.32 bits per heavy atom. The monoisotopic (exact) mass is 320 g/mol. The topological polar surface area (TPSA) is 67.2 Å². The number of nitrogens with zero attached hydrogens (tertiary/aromatic N) is 6. The Bertz CT molecular complexity index is 643. The van der Waals surface area contributed by atoms with E-state index in [1.165, 1.54) is 11.5 Å². The quantitative estimate of drug-likeness (QED) is 0.831. The van der Waals surface area contributed by atoms with E-state index in [4.69, 9.17) is 0 Å². The largest absolute Gasteiger partial charge is 0.343 e. The molecule has 0 spiro atoms. The number of carbonyl (C=O) groups excluding carboxylic acids is 1. The highest BCUT2D eigenvalue weighted by Gasteiger charge is 2.23. The number of amides is 1. The highest BCUT2D eigenvalue weighted by molar-refractivity contribution is 7.09. The average molecular weight is 320 g/mol. The van der Waals surface area contributed by atoms with Gasteiger partial charge in [0.1, 0.15) is 5.82 Å². The maximum atomic E-state index is 12.3. The normalized spacial score (nSPS) is 15.4. The summed E-state index contributed by atoms with van der Waals surface area (Å²) in [6.07, 6.45) is 4.93. The van der Waals surface area contributed by atoms with Crippen LogP contribution in [0.1, 0.15) is 18.3 Å². The third-order valence-electron chi connectivity index (χ3n) is 3.79. The lowest BCUT2D eigenvalue weighted by Crippen LogP contribution is -2.49. The molecule has 0 saturated carbocycles. The van der Waals surface area contributed by atoms with Crippen LogP contribution >= 0.6 is 11.5 Å². The number of hydrogen-bond acceptors (Lipinski definition) is 6. The molecule has 0 N–H and O–H groups in total. The highest BCUT2D eigenvalue weighted by Crippen LogP contribution is 2.19. The summed E-state index contributed by atoms with van der Waals surface area (Å²) < 4.78 is 6.04. The van der Waals surface area contributed by atoms with Gasteiger partial charge < -0.3 is 9.80 Å². The lowest BCUT2D eigenvalue weighted by atomic mass is 10.2. The maximum Gasteiger partial charge on any atom is 0.227 e. The molecule has 22 heavy (non-hydrogen) atoms. The van der Waals surface area contributed by atoms with Crippen LogP contribution in [0.3, 0.4) is 0 Å². The Morgan fingerprint density at radius 3 is 2.68 bits per heavy atom. The molecule has 0 aliphatic carbocycles. The molecule has 118 valence electrons. The van der Waals surface area contributed by atoms with Crippen LogP contribution in [-0.4, -0.2) is 56.1 Å². The first-order valence-corrected chi connectivity index (χ1v) is 8.26. The fourth-order valence-corrected chi connectivity index (χ4v) is 3.31. The molecule has 8 heteroatoms. The zero-order valence-corrected chi connectivity index (χ0v) is 13.7. The van der Waals surface area contributed by atoms with E-state index in [1.807, 2.05) is 18.1 Å². The SMILES string of the molecule is CCc1nsc(N2CCN(C(=O)Cc3cnn(C)c3)CC2)n1. The third kappa shape index (κ3) is 3.27. The molecule has 0 atom stereocenters. The number of carbonyl (C=O) groups is 1. The number of aromatic nitrogens is 4. The number of aryl methyl sites for hydroxylation is 2. The van der Waals surface area contributed by atoms with Gasteiger partial charge in [0.2, 0.25) is 11.0 Å². The van der Waals surface area contributed by atoms with Gasteiger partial charge >= 0.3 is 0 Å². The van der Waals surface area contributed by atoms with Gasteiger partial charge in [0, 0.05) is 57.4 Å². The molecule has 3 heterocycles. The molecule has 1 fully saturated rings. The van der Waals surface area contributed by atoms with E-state index in [0.717, 1.165) is 49.1 Å². The molecule has 3 rings (SSSR count).